The number of rotatable bonds is 2. The van der Waals surface area contributed by atoms with E-state index in [2.05, 4.69) is 15.2 Å². The van der Waals surface area contributed by atoms with E-state index in [0.29, 0.717) is 11.7 Å². The molecule has 5 nitrogen and oxygen atoms in total. The maximum Gasteiger partial charge on any atom is 0.253 e. The normalized spacial score (nSPS) is 12.1. The van der Waals surface area contributed by atoms with E-state index < -0.39 is 0 Å². The fourth-order valence-corrected chi connectivity index (χ4v) is 1.16. The van der Waals surface area contributed by atoms with Gasteiger partial charge in [-0.2, -0.15) is 10.1 Å². The first-order valence-electron chi connectivity index (χ1n) is 4.66. The Kier molecular flexibility index (Phi) is 2.37. The highest BCUT2D eigenvalue weighted by Gasteiger charge is 2.10. The van der Waals surface area contributed by atoms with E-state index in [1.807, 2.05) is 33.2 Å². The quantitative estimate of drug-likeness (QED) is 0.749. The predicted octanol–water partition coefficient (Wildman–Crippen LogP) is 1.89. The summed E-state index contributed by atoms with van der Waals surface area (Å²) in [7, 11) is 1.85. The first-order chi connectivity index (χ1) is 7.20. The van der Waals surface area contributed by atoms with Crippen LogP contribution in [0.2, 0.25) is 0 Å². The van der Waals surface area contributed by atoms with Crippen molar-refractivity contribution in [1.29, 1.82) is 0 Å². The van der Waals surface area contributed by atoms with Gasteiger partial charge in [0.15, 0.2) is 0 Å². The number of nitrogens with zero attached hydrogens (tertiary/aromatic N) is 4. The summed E-state index contributed by atoms with van der Waals surface area (Å²) in [5.74, 6) is 1.12. The van der Waals surface area contributed by atoms with Crippen molar-refractivity contribution in [2.75, 3.05) is 0 Å². The third kappa shape index (κ3) is 1.81. The monoisotopic (exact) mass is 204 g/mol. The third-order valence-corrected chi connectivity index (χ3v) is 2.16. The minimum absolute atomic E-state index is 0.552. The van der Waals surface area contributed by atoms with Crippen LogP contribution in [0.25, 0.3) is 17.0 Å². The van der Waals surface area contributed by atoms with Gasteiger partial charge in [0.05, 0.1) is 11.8 Å². The third-order valence-electron chi connectivity index (χ3n) is 2.16. The fourth-order valence-electron chi connectivity index (χ4n) is 1.16. The van der Waals surface area contributed by atoms with Gasteiger partial charge in [-0.05, 0) is 13.8 Å². The molecule has 0 fully saturated rings. The van der Waals surface area contributed by atoms with E-state index in [1.54, 1.807) is 10.9 Å². The van der Waals surface area contributed by atoms with E-state index in [4.69, 9.17) is 4.52 Å². The lowest BCUT2D eigenvalue weighted by atomic mass is 10.3. The van der Waals surface area contributed by atoms with E-state index in [0.717, 1.165) is 11.1 Å². The van der Waals surface area contributed by atoms with Gasteiger partial charge in [0.25, 0.3) is 5.89 Å². The summed E-state index contributed by atoms with van der Waals surface area (Å²) in [6.07, 6.45) is 5.49. The zero-order valence-electron chi connectivity index (χ0n) is 8.93. The summed E-state index contributed by atoms with van der Waals surface area (Å²) < 4.78 is 6.82. The lowest BCUT2D eigenvalue weighted by Gasteiger charge is -1.87. The summed E-state index contributed by atoms with van der Waals surface area (Å²) in [4.78, 5) is 4.27. The summed E-state index contributed by atoms with van der Waals surface area (Å²) in [6.45, 7) is 3.86. The van der Waals surface area contributed by atoms with Gasteiger partial charge < -0.3 is 4.52 Å². The molecule has 2 heterocycles. The number of aryl methyl sites for hydroxylation is 1. The van der Waals surface area contributed by atoms with Gasteiger partial charge in [-0.3, -0.25) is 4.68 Å². The molecule has 0 radical (unpaired) electrons. The molecule has 0 amide bonds. The zero-order valence-corrected chi connectivity index (χ0v) is 8.93. The second-order valence-electron chi connectivity index (χ2n) is 3.30. The largest absolute Gasteiger partial charge is 0.334 e. The zero-order chi connectivity index (χ0) is 10.8. The number of allylic oxidation sites excluding steroid dienone is 2. The molecule has 15 heavy (non-hydrogen) atoms. The van der Waals surface area contributed by atoms with E-state index in [1.165, 1.54) is 0 Å². The van der Waals surface area contributed by atoms with Crippen LogP contribution < -0.4 is 0 Å². The summed E-state index contributed by atoms with van der Waals surface area (Å²) >= 11 is 0. The van der Waals surface area contributed by atoms with Crippen molar-refractivity contribution >= 4 is 5.57 Å². The molecule has 0 saturated carbocycles. The Morgan fingerprint density at radius 3 is 2.93 bits per heavy atom. The highest BCUT2D eigenvalue weighted by atomic mass is 16.5. The van der Waals surface area contributed by atoms with Gasteiger partial charge in [0.1, 0.15) is 0 Å². The second kappa shape index (κ2) is 3.68. The minimum Gasteiger partial charge on any atom is -0.334 e. The van der Waals surface area contributed by atoms with Crippen molar-refractivity contribution < 1.29 is 4.52 Å². The van der Waals surface area contributed by atoms with E-state index in [-0.39, 0.29) is 0 Å². The molecule has 0 aliphatic heterocycles. The lowest BCUT2D eigenvalue weighted by Crippen LogP contribution is -1.84. The van der Waals surface area contributed by atoms with Crippen molar-refractivity contribution in [3.8, 4) is 11.4 Å². The maximum atomic E-state index is 5.11. The molecule has 0 N–H and O–H groups in total. The molecule has 2 aromatic rings. The smallest absolute Gasteiger partial charge is 0.253 e. The van der Waals surface area contributed by atoms with Gasteiger partial charge in [-0.25, -0.2) is 0 Å². The Bertz CT molecular complexity index is 495. The van der Waals surface area contributed by atoms with Crippen LogP contribution in [-0.4, -0.2) is 19.9 Å². The summed E-state index contributed by atoms with van der Waals surface area (Å²) in [5.41, 5.74) is 1.83. The molecule has 2 aromatic heterocycles. The SMILES string of the molecule is C/C=C(/C)c1nc(-c2cnn(C)c2)no1. The molecular formula is C10H12N4O. The van der Waals surface area contributed by atoms with Crippen LogP contribution in [-0.2, 0) is 7.05 Å². The molecule has 78 valence electrons. The molecule has 0 bridgehead atoms. The molecule has 0 spiro atoms. The summed E-state index contributed by atoms with van der Waals surface area (Å²) in [5, 5.41) is 7.94. The van der Waals surface area contributed by atoms with Crippen LogP contribution in [0.15, 0.2) is 23.0 Å². The van der Waals surface area contributed by atoms with Crippen LogP contribution in [0.1, 0.15) is 19.7 Å². The average molecular weight is 204 g/mol. The molecular weight excluding hydrogens is 192 g/mol. The van der Waals surface area contributed by atoms with Crippen LogP contribution in [0, 0.1) is 0 Å². The number of hydrogen-bond donors (Lipinski definition) is 0. The van der Waals surface area contributed by atoms with E-state index >= 15 is 0 Å². The number of hydrogen-bond acceptors (Lipinski definition) is 4. The highest BCUT2D eigenvalue weighted by molar-refractivity contribution is 5.59. The Morgan fingerprint density at radius 1 is 1.53 bits per heavy atom. The average Bonchev–Trinajstić information content (AvgIpc) is 2.84. The van der Waals surface area contributed by atoms with Gasteiger partial charge >= 0.3 is 0 Å². The van der Waals surface area contributed by atoms with Gasteiger partial charge in [0, 0.05) is 18.8 Å². The fraction of sp³-hybridized carbons (Fsp3) is 0.300. The molecule has 0 aliphatic rings. The first kappa shape index (κ1) is 9.64. The topological polar surface area (TPSA) is 56.7 Å². The lowest BCUT2D eigenvalue weighted by molar-refractivity contribution is 0.408. The van der Waals surface area contributed by atoms with Crippen molar-refractivity contribution in [2.24, 2.45) is 7.05 Å². The molecule has 0 aliphatic carbocycles. The Hall–Kier alpha value is -1.91. The van der Waals surface area contributed by atoms with Gasteiger partial charge in [0.2, 0.25) is 5.82 Å². The first-order valence-corrected chi connectivity index (χ1v) is 4.66. The Labute approximate surface area is 87.4 Å². The van der Waals surface area contributed by atoms with E-state index in [9.17, 15) is 0 Å². The van der Waals surface area contributed by atoms with Crippen LogP contribution in [0.4, 0.5) is 0 Å². The van der Waals surface area contributed by atoms with Gasteiger partial charge in [-0.1, -0.05) is 11.2 Å². The molecule has 5 heteroatoms. The highest BCUT2D eigenvalue weighted by Crippen LogP contribution is 2.17. The van der Waals surface area contributed by atoms with Crippen LogP contribution >= 0.6 is 0 Å². The van der Waals surface area contributed by atoms with Crippen molar-refractivity contribution in [1.82, 2.24) is 19.9 Å². The van der Waals surface area contributed by atoms with Crippen LogP contribution in [0.5, 0.6) is 0 Å². The van der Waals surface area contributed by atoms with Crippen molar-refractivity contribution in [3.05, 3.63) is 24.4 Å². The maximum absolute atomic E-state index is 5.11. The molecule has 0 unspecified atom stereocenters. The Morgan fingerprint density at radius 2 is 2.33 bits per heavy atom. The van der Waals surface area contributed by atoms with Crippen molar-refractivity contribution in [2.45, 2.75) is 13.8 Å². The van der Waals surface area contributed by atoms with Gasteiger partial charge in [-0.15, -0.1) is 0 Å². The number of aromatic nitrogens is 4. The molecule has 0 aromatic carbocycles. The predicted molar refractivity (Wildman–Crippen MR) is 55.8 cm³/mol. The minimum atomic E-state index is 0.552. The molecule has 0 saturated heterocycles. The van der Waals surface area contributed by atoms with Crippen LogP contribution in [0.3, 0.4) is 0 Å². The van der Waals surface area contributed by atoms with Crippen molar-refractivity contribution in [3.63, 3.8) is 0 Å². The Balaban J connectivity index is 2.35. The standard InChI is InChI=1S/C10H12N4O/c1-4-7(2)10-12-9(13-15-10)8-5-11-14(3)6-8/h4-6H,1-3H3/b7-4-. The second-order valence-corrected chi connectivity index (χ2v) is 3.30. The molecule has 0 atom stereocenters. The summed E-state index contributed by atoms with van der Waals surface area (Å²) in [6, 6.07) is 0. The molecule has 2 rings (SSSR count).